The summed E-state index contributed by atoms with van der Waals surface area (Å²) in [6.07, 6.45) is 4.46. The molecular formula is C20H25ClN2O2. The molecule has 0 unspecified atom stereocenters. The fraction of sp³-hybridized carbons (Fsp3) is 0.450. The Bertz CT molecular complexity index is 705. The predicted octanol–water partition coefficient (Wildman–Crippen LogP) is 4.59. The van der Waals surface area contributed by atoms with E-state index in [1.54, 1.807) is 12.1 Å². The number of nitrogens with one attached hydrogen (secondary N) is 1. The highest BCUT2D eigenvalue weighted by Crippen LogP contribution is 2.29. The molecule has 1 aromatic carbocycles. The van der Waals surface area contributed by atoms with Crippen molar-refractivity contribution in [2.45, 2.75) is 38.6 Å². The molecule has 0 radical (unpaired) electrons. The first-order valence-electron chi connectivity index (χ1n) is 9.05. The molecule has 0 aliphatic carbocycles. The maximum Gasteiger partial charge on any atom is 0.287 e. The van der Waals surface area contributed by atoms with E-state index in [1.165, 1.54) is 12.8 Å². The number of amides is 1. The number of piperidine rings is 1. The van der Waals surface area contributed by atoms with E-state index in [-0.39, 0.29) is 11.9 Å². The Morgan fingerprint density at radius 3 is 2.72 bits per heavy atom. The lowest BCUT2D eigenvalue weighted by Gasteiger charge is -2.32. The van der Waals surface area contributed by atoms with Crippen molar-refractivity contribution >= 4 is 17.5 Å². The molecule has 1 aliphatic heterocycles. The zero-order valence-corrected chi connectivity index (χ0v) is 15.4. The predicted molar refractivity (Wildman–Crippen MR) is 101 cm³/mol. The zero-order chi connectivity index (χ0) is 17.6. The molecule has 25 heavy (non-hydrogen) atoms. The lowest BCUT2D eigenvalue weighted by molar-refractivity contribution is 0.0883. The van der Waals surface area contributed by atoms with E-state index in [2.05, 4.69) is 17.1 Å². The number of furan rings is 1. The number of carbonyl (C=O) groups is 1. The van der Waals surface area contributed by atoms with Crippen molar-refractivity contribution in [3.63, 3.8) is 0 Å². The second-order valence-corrected chi connectivity index (χ2v) is 6.99. The van der Waals surface area contributed by atoms with Gasteiger partial charge in [0.15, 0.2) is 5.76 Å². The Hall–Kier alpha value is -1.78. The Morgan fingerprint density at radius 1 is 1.24 bits per heavy atom. The number of rotatable bonds is 6. The van der Waals surface area contributed by atoms with E-state index in [0.29, 0.717) is 16.5 Å². The summed E-state index contributed by atoms with van der Waals surface area (Å²) < 4.78 is 5.72. The van der Waals surface area contributed by atoms with Crippen LogP contribution in [0.2, 0.25) is 5.02 Å². The van der Waals surface area contributed by atoms with Crippen molar-refractivity contribution in [3.05, 3.63) is 47.2 Å². The van der Waals surface area contributed by atoms with Crippen molar-refractivity contribution in [1.82, 2.24) is 10.2 Å². The zero-order valence-electron chi connectivity index (χ0n) is 14.6. The Labute approximate surface area is 154 Å². The molecule has 1 amide bonds. The molecule has 1 aromatic heterocycles. The van der Waals surface area contributed by atoms with Gasteiger partial charge in [0, 0.05) is 24.7 Å². The molecule has 0 bridgehead atoms. The fourth-order valence-corrected chi connectivity index (χ4v) is 3.43. The molecule has 0 atom stereocenters. The molecular weight excluding hydrogens is 336 g/mol. The first kappa shape index (κ1) is 18.0. The number of hydrogen-bond donors (Lipinski definition) is 1. The van der Waals surface area contributed by atoms with Crippen molar-refractivity contribution < 1.29 is 9.21 Å². The minimum atomic E-state index is -0.148. The highest BCUT2D eigenvalue weighted by atomic mass is 35.5. The maximum absolute atomic E-state index is 12.4. The van der Waals surface area contributed by atoms with Crippen molar-refractivity contribution in [2.75, 3.05) is 19.6 Å². The smallest absolute Gasteiger partial charge is 0.287 e. The van der Waals surface area contributed by atoms with Gasteiger partial charge < -0.3 is 14.6 Å². The van der Waals surface area contributed by atoms with Gasteiger partial charge in [-0.05, 0) is 50.1 Å². The minimum absolute atomic E-state index is 0.148. The molecule has 4 nitrogen and oxygen atoms in total. The van der Waals surface area contributed by atoms with Crippen LogP contribution in [0.5, 0.6) is 0 Å². The number of unbranched alkanes of at least 4 members (excludes halogenated alkanes) is 1. The van der Waals surface area contributed by atoms with Crippen LogP contribution in [-0.2, 0) is 0 Å². The van der Waals surface area contributed by atoms with Gasteiger partial charge in [-0.15, -0.1) is 0 Å². The third-order valence-corrected chi connectivity index (χ3v) is 5.05. The summed E-state index contributed by atoms with van der Waals surface area (Å²) in [5.74, 6) is 0.804. The van der Waals surface area contributed by atoms with Crippen LogP contribution in [0, 0.1) is 0 Å². The standard InChI is InChI=1S/C20H25ClN2O2/c1-2-3-12-23-13-10-15(11-14-23)22-20(24)19-9-8-18(25-19)16-6-4-5-7-17(16)21/h4-9,15H,2-3,10-14H2,1H3,(H,22,24). The Balaban J connectivity index is 1.55. The molecule has 1 fully saturated rings. The largest absolute Gasteiger partial charge is 0.451 e. The number of likely N-dealkylation sites (tertiary alicyclic amines) is 1. The summed E-state index contributed by atoms with van der Waals surface area (Å²) in [4.78, 5) is 14.9. The molecule has 1 N–H and O–H groups in total. The number of hydrogen-bond acceptors (Lipinski definition) is 3. The van der Waals surface area contributed by atoms with E-state index in [0.717, 1.165) is 38.0 Å². The van der Waals surface area contributed by atoms with Crippen LogP contribution >= 0.6 is 11.6 Å². The van der Waals surface area contributed by atoms with E-state index in [1.807, 2.05) is 24.3 Å². The molecule has 0 saturated carbocycles. The topological polar surface area (TPSA) is 45.5 Å². The highest BCUT2D eigenvalue weighted by molar-refractivity contribution is 6.33. The van der Waals surface area contributed by atoms with E-state index in [4.69, 9.17) is 16.0 Å². The fourth-order valence-electron chi connectivity index (χ4n) is 3.20. The Morgan fingerprint density at radius 2 is 2.00 bits per heavy atom. The second-order valence-electron chi connectivity index (χ2n) is 6.59. The molecule has 2 aromatic rings. The van der Waals surface area contributed by atoms with Crippen LogP contribution < -0.4 is 5.32 Å². The first-order chi connectivity index (χ1) is 12.2. The first-order valence-corrected chi connectivity index (χ1v) is 9.43. The van der Waals surface area contributed by atoms with Gasteiger partial charge in [-0.25, -0.2) is 0 Å². The quantitative estimate of drug-likeness (QED) is 0.819. The van der Waals surface area contributed by atoms with Gasteiger partial charge >= 0.3 is 0 Å². The lowest BCUT2D eigenvalue weighted by Crippen LogP contribution is -2.44. The number of benzene rings is 1. The van der Waals surface area contributed by atoms with Gasteiger partial charge in [0.1, 0.15) is 5.76 Å². The average Bonchev–Trinajstić information content (AvgIpc) is 3.11. The third-order valence-electron chi connectivity index (χ3n) is 4.72. The third kappa shape index (κ3) is 4.65. The van der Waals surface area contributed by atoms with E-state index in [9.17, 15) is 4.79 Å². The van der Waals surface area contributed by atoms with Gasteiger partial charge in [-0.2, -0.15) is 0 Å². The highest BCUT2D eigenvalue weighted by Gasteiger charge is 2.22. The van der Waals surface area contributed by atoms with Crippen LogP contribution in [0.3, 0.4) is 0 Å². The summed E-state index contributed by atoms with van der Waals surface area (Å²) in [5, 5.41) is 3.71. The van der Waals surface area contributed by atoms with E-state index < -0.39 is 0 Å². The maximum atomic E-state index is 12.4. The minimum Gasteiger partial charge on any atom is -0.451 e. The van der Waals surface area contributed by atoms with Crippen LogP contribution in [-0.4, -0.2) is 36.5 Å². The molecule has 134 valence electrons. The molecule has 3 rings (SSSR count). The number of nitrogens with zero attached hydrogens (tertiary/aromatic N) is 1. The van der Waals surface area contributed by atoms with E-state index >= 15 is 0 Å². The van der Waals surface area contributed by atoms with Gasteiger partial charge in [0.05, 0.1) is 5.02 Å². The molecule has 0 spiro atoms. The summed E-state index contributed by atoms with van der Waals surface area (Å²) in [6, 6.07) is 11.2. The monoisotopic (exact) mass is 360 g/mol. The van der Waals surface area contributed by atoms with Crippen LogP contribution in [0.25, 0.3) is 11.3 Å². The lowest BCUT2D eigenvalue weighted by atomic mass is 10.0. The molecule has 1 aliphatic rings. The van der Waals surface area contributed by atoms with Crippen molar-refractivity contribution in [1.29, 1.82) is 0 Å². The van der Waals surface area contributed by atoms with Crippen LogP contribution in [0.15, 0.2) is 40.8 Å². The van der Waals surface area contributed by atoms with Gasteiger partial charge in [0.25, 0.3) is 5.91 Å². The van der Waals surface area contributed by atoms with Crippen molar-refractivity contribution in [2.24, 2.45) is 0 Å². The average molecular weight is 361 g/mol. The van der Waals surface area contributed by atoms with Gasteiger partial charge in [-0.1, -0.05) is 37.1 Å². The summed E-state index contributed by atoms with van der Waals surface area (Å²) >= 11 is 6.19. The van der Waals surface area contributed by atoms with Gasteiger partial charge in [-0.3, -0.25) is 4.79 Å². The molecule has 5 heteroatoms. The molecule has 1 saturated heterocycles. The van der Waals surface area contributed by atoms with Crippen LogP contribution in [0.1, 0.15) is 43.2 Å². The van der Waals surface area contributed by atoms with Gasteiger partial charge in [0.2, 0.25) is 0 Å². The summed E-state index contributed by atoms with van der Waals surface area (Å²) in [5.41, 5.74) is 0.799. The normalized spacial score (nSPS) is 16.1. The second kappa shape index (κ2) is 8.54. The Kier molecular flexibility index (Phi) is 6.16. The summed E-state index contributed by atoms with van der Waals surface area (Å²) in [7, 11) is 0. The van der Waals surface area contributed by atoms with Crippen LogP contribution in [0.4, 0.5) is 0 Å². The number of carbonyl (C=O) groups excluding carboxylic acids is 1. The summed E-state index contributed by atoms with van der Waals surface area (Å²) in [6.45, 7) is 5.48. The van der Waals surface area contributed by atoms with Crippen molar-refractivity contribution in [3.8, 4) is 11.3 Å². The number of halogens is 1. The SMILES string of the molecule is CCCCN1CCC(NC(=O)c2ccc(-c3ccccc3Cl)o2)CC1. The molecule has 2 heterocycles.